The van der Waals surface area contributed by atoms with Gasteiger partial charge >= 0.3 is 6.18 Å². The fourth-order valence-corrected chi connectivity index (χ4v) is 2.08. The molecule has 0 aliphatic heterocycles. The molecule has 0 saturated heterocycles. The van der Waals surface area contributed by atoms with Crippen LogP contribution in [0.4, 0.5) is 18.9 Å². The maximum absolute atomic E-state index is 12.7. The van der Waals surface area contributed by atoms with E-state index < -0.39 is 17.8 Å². The highest BCUT2D eigenvalue weighted by Crippen LogP contribution is 2.33. The largest absolute Gasteiger partial charge is 0.416 e. The van der Waals surface area contributed by atoms with Gasteiger partial charge < -0.3 is 15.2 Å². The first-order valence-electron chi connectivity index (χ1n) is 6.56. The molecule has 1 aromatic carbocycles. The van der Waals surface area contributed by atoms with Crippen LogP contribution < -0.4 is 5.32 Å². The summed E-state index contributed by atoms with van der Waals surface area (Å²) in [5.41, 5.74) is -0.454. The van der Waals surface area contributed by atoms with Gasteiger partial charge in [-0.3, -0.25) is 0 Å². The van der Waals surface area contributed by atoms with Gasteiger partial charge in [0, 0.05) is 23.3 Å². The fraction of sp³-hybridized carbons (Fsp3) is 0.571. The summed E-state index contributed by atoms with van der Waals surface area (Å²) in [7, 11) is 0. The molecule has 1 aromatic rings. The van der Waals surface area contributed by atoms with Gasteiger partial charge in [0.15, 0.2) is 0 Å². The molecule has 0 saturated carbocycles. The molecule has 3 nitrogen and oxygen atoms in total. The van der Waals surface area contributed by atoms with Crippen molar-refractivity contribution in [3.63, 3.8) is 0 Å². The number of aliphatic hydroxyl groups is 1. The Balaban J connectivity index is 2.53. The van der Waals surface area contributed by atoms with E-state index in [0.717, 1.165) is 12.1 Å². The summed E-state index contributed by atoms with van der Waals surface area (Å²) in [5, 5.41) is 12.5. The predicted octanol–water partition coefficient (Wildman–Crippen LogP) is 3.91. The maximum Gasteiger partial charge on any atom is 0.416 e. The third-order valence-corrected chi connectivity index (χ3v) is 2.99. The maximum atomic E-state index is 12.7. The van der Waals surface area contributed by atoms with Gasteiger partial charge in [0.1, 0.15) is 0 Å². The van der Waals surface area contributed by atoms with Crippen LogP contribution in [0.15, 0.2) is 22.7 Å². The van der Waals surface area contributed by atoms with E-state index in [1.165, 1.54) is 6.07 Å². The molecule has 0 bridgehead atoms. The number of hydrogen-bond acceptors (Lipinski definition) is 3. The highest BCUT2D eigenvalue weighted by atomic mass is 79.9. The molecule has 0 fully saturated rings. The quantitative estimate of drug-likeness (QED) is 0.765. The molecule has 0 heterocycles. The Bertz CT molecular complexity index is 452. The molecule has 0 radical (unpaired) electrons. The Labute approximate surface area is 130 Å². The number of halogens is 4. The lowest BCUT2D eigenvalue weighted by molar-refractivity contribution is -0.137. The van der Waals surface area contributed by atoms with Gasteiger partial charge in [-0.2, -0.15) is 13.2 Å². The minimum Gasteiger partial charge on any atom is -0.389 e. The van der Waals surface area contributed by atoms with Gasteiger partial charge in [-0.1, -0.05) is 29.8 Å². The van der Waals surface area contributed by atoms with Crippen LogP contribution in [0.3, 0.4) is 0 Å². The molecule has 0 spiro atoms. The van der Waals surface area contributed by atoms with Crippen molar-refractivity contribution in [3.05, 3.63) is 28.2 Å². The molecular weight excluding hydrogens is 351 g/mol. The number of ether oxygens (including phenoxy) is 1. The number of nitrogens with one attached hydrogen (secondary N) is 1. The molecular formula is C14H19BrF3NO2. The second kappa shape index (κ2) is 8.00. The first-order chi connectivity index (χ1) is 9.68. The molecule has 120 valence electrons. The molecule has 0 aromatic heterocycles. The van der Waals surface area contributed by atoms with Crippen LogP contribution >= 0.6 is 15.9 Å². The van der Waals surface area contributed by atoms with Gasteiger partial charge in [-0.25, -0.2) is 0 Å². The fourth-order valence-electron chi connectivity index (χ4n) is 1.59. The highest BCUT2D eigenvalue weighted by molar-refractivity contribution is 9.10. The van der Waals surface area contributed by atoms with E-state index in [2.05, 4.69) is 21.2 Å². The van der Waals surface area contributed by atoms with Crippen LogP contribution in [0.5, 0.6) is 0 Å². The van der Waals surface area contributed by atoms with E-state index in [9.17, 15) is 18.3 Å². The SMILES string of the molecule is CC(C)COCC(O)CNc1cc(Br)cc(C(F)(F)F)c1. The number of alkyl halides is 3. The average Bonchev–Trinajstić information content (AvgIpc) is 2.34. The normalized spacial score (nSPS) is 13.5. The molecule has 0 aliphatic carbocycles. The van der Waals surface area contributed by atoms with E-state index in [1.807, 2.05) is 13.8 Å². The van der Waals surface area contributed by atoms with Crippen LogP contribution in [-0.4, -0.2) is 31.0 Å². The predicted molar refractivity (Wildman–Crippen MR) is 79.3 cm³/mol. The van der Waals surface area contributed by atoms with Crippen molar-refractivity contribution in [2.75, 3.05) is 25.1 Å². The third-order valence-electron chi connectivity index (χ3n) is 2.53. The molecule has 2 N–H and O–H groups in total. The Morgan fingerprint density at radius 3 is 2.48 bits per heavy atom. The van der Waals surface area contributed by atoms with E-state index in [1.54, 1.807) is 0 Å². The highest BCUT2D eigenvalue weighted by Gasteiger charge is 2.31. The Morgan fingerprint density at radius 1 is 1.24 bits per heavy atom. The van der Waals surface area contributed by atoms with E-state index in [0.29, 0.717) is 22.7 Å². The van der Waals surface area contributed by atoms with Crippen molar-refractivity contribution >= 4 is 21.6 Å². The Kier molecular flexibility index (Phi) is 6.96. The van der Waals surface area contributed by atoms with Crippen LogP contribution in [-0.2, 0) is 10.9 Å². The first kappa shape index (κ1) is 18.3. The minimum atomic E-state index is -4.40. The van der Waals surface area contributed by atoms with Crippen molar-refractivity contribution in [1.29, 1.82) is 0 Å². The number of aliphatic hydroxyl groups excluding tert-OH is 1. The Hall–Kier alpha value is -0.790. The van der Waals surface area contributed by atoms with Crippen LogP contribution in [0.1, 0.15) is 19.4 Å². The molecule has 21 heavy (non-hydrogen) atoms. The van der Waals surface area contributed by atoms with Gasteiger partial charge in [-0.15, -0.1) is 0 Å². The van der Waals surface area contributed by atoms with Gasteiger partial charge in [0.05, 0.1) is 18.3 Å². The minimum absolute atomic E-state index is 0.117. The standard InChI is InChI=1S/C14H19BrF3NO2/c1-9(2)7-21-8-13(20)6-19-12-4-10(14(16,17)18)3-11(15)5-12/h3-5,9,13,19-20H,6-8H2,1-2H3. The summed E-state index contributed by atoms with van der Waals surface area (Å²) in [6.45, 7) is 4.78. The van der Waals surface area contributed by atoms with E-state index >= 15 is 0 Å². The smallest absolute Gasteiger partial charge is 0.389 e. The van der Waals surface area contributed by atoms with Crippen molar-refractivity contribution < 1.29 is 23.0 Å². The Morgan fingerprint density at radius 2 is 1.90 bits per heavy atom. The number of anilines is 1. The topological polar surface area (TPSA) is 41.5 Å². The average molecular weight is 370 g/mol. The molecule has 7 heteroatoms. The second-order valence-corrected chi connectivity index (χ2v) is 6.11. The summed E-state index contributed by atoms with van der Waals surface area (Å²) in [4.78, 5) is 0. The number of hydrogen-bond donors (Lipinski definition) is 2. The lowest BCUT2D eigenvalue weighted by atomic mass is 10.2. The van der Waals surface area contributed by atoms with Crippen LogP contribution in [0.2, 0.25) is 0 Å². The van der Waals surface area contributed by atoms with Crippen molar-refractivity contribution in [3.8, 4) is 0 Å². The summed E-state index contributed by atoms with van der Waals surface area (Å²) in [6.07, 6.45) is -5.18. The van der Waals surface area contributed by atoms with E-state index in [4.69, 9.17) is 4.74 Å². The molecule has 0 aliphatic rings. The van der Waals surface area contributed by atoms with Crippen molar-refractivity contribution in [1.82, 2.24) is 0 Å². The zero-order valence-corrected chi connectivity index (χ0v) is 13.5. The van der Waals surface area contributed by atoms with Gasteiger partial charge in [0.25, 0.3) is 0 Å². The lowest BCUT2D eigenvalue weighted by Crippen LogP contribution is -2.25. The molecule has 1 unspecified atom stereocenters. The van der Waals surface area contributed by atoms with Crippen molar-refractivity contribution in [2.24, 2.45) is 5.92 Å². The summed E-state index contributed by atoms with van der Waals surface area (Å²) >= 11 is 3.04. The summed E-state index contributed by atoms with van der Waals surface area (Å²) < 4.78 is 43.6. The van der Waals surface area contributed by atoms with Gasteiger partial charge in [0.2, 0.25) is 0 Å². The summed E-state index contributed by atoms with van der Waals surface area (Å²) in [6, 6.07) is 3.54. The second-order valence-electron chi connectivity index (χ2n) is 5.19. The lowest BCUT2D eigenvalue weighted by Gasteiger charge is -2.15. The zero-order chi connectivity index (χ0) is 16.0. The zero-order valence-electron chi connectivity index (χ0n) is 11.9. The van der Waals surface area contributed by atoms with E-state index in [-0.39, 0.29) is 13.2 Å². The van der Waals surface area contributed by atoms with Crippen LogP contribution in [0, 0.1) is 5.92 Å². The molecule has 0 amide bonds. The van der Waals surface area contributed by atoms with Crippen molar-refractivity contribution in [2.45, 2.75) is 26.1 Å². The first-order valence-corrected chi connectivity index (χ1v) is 7.35. The monoisotopic (exact) mass is 369 g/mol. The molecule has 1 atom stereocenters. The number of benzene rings is 1. The van der Waals surface area contributed by atoms with Gasteiger partial charge in [-0.05, 0) is 24.1 Å². The summed E-state index contributed by atoms with van der Waals surface area (Å²) in [5.74, 6) is 0.365. The molecule has 1 rings (SSSR count). The third kappa shape index (κ3) is 7.15. The van der Waals surface area contributed by atoms with Crippen LogP contribution in [0.25, 0.3) is 0 Å². The number of rotatable bonds is 7.